The minimum absolute atomic E-state index is 0.154. The lowest BCUT2D eigenvalue weighted by molar-refractivity contribution is 0.116. The van der Waals surface area contributed by atoms with Crippen molar-refractivity contribution in [3.8, 4) is 0 Å². The van der Waals surface area contributed by atoms with Crippen molar-refractivity contribution >= 4 is 0 Å². The molecule has 0 saturated heterocycles. The molecular weight excluding hydrogens is 234 g/mol. The minimum Gasteiger partial charge on any atom is -0.326 e. The molecule has 0 radical (unpaired) electrons. The van der Waals surface area contributed by atoms with Gasteiger partial charge in [0.1, 0.15) is 0 Å². The highest BCUT2D eigenvalue weighted by molar-refractivity contribution is 5.11. The van der Waals surface area contributed by atoms with Gasteiger partial charge in [0.25, 0.3) is 0 Å². The van der Waals surface area contributed by atoms with Gasteiger partial charge in [-0.2, -0.15) is 0 Å². The van der Waals surface area contributed by atoms with Crippen molar-refractivity contribution < 1.29 is 0 Å². The molecule has 1 aliphatic carbocycles. The molecule has 2 rings (SSSR count). The highest BCUT2D eigenvalue weighted by atomic mass is 15.2. The second-order valence-electron chi connectivity index (χ2n) is 5.73. The third-order valence-corrected chi connectivity index (χ3v) is 4.46. The maximum Gasteiger partial charge on any atom is 0.0673 e. The molecule has 0 aliphatic heterocycles. The molecule has 2 N–H and O–H groups in total. The highest BCUT2D eigenvalue weighted by Gasteiger charge is 2.29. The first-order valence-corrected chi connectivity index (χ1v) is 7.62. The summed E-state index contributed by atoms with van der Waals surface area (Å²) < 4.78 is 0. The molecule has 1 aromatic rings. The van der Waals surface area contributed by atoms with E-state index in [0.29, 0.717) is 6.04 Å². The molecular formula is C16H27N3. The fraction of sp³-hybridized carbons (Fsp3) is 0.688. The van der Waals surface area contributed by atoms with Crippen LogP contribution in [0.4, 0.5) is 0 Å². The van der Waals surface area contributed by atoms with Crippen molar-refractivity contribution in [3.05, 3.63) is 30.1 Å². The summed E-state index contributed by atoms with van der Waals surface area (Å²) in [4.78, 5) is 7.02. The molecule has 0 aromatic carbocycles. The molecule has 19 heavy (non-hydrogen) atoms. The predicted octanol–water partition coefficient (Wildman–Crippen LogP) is 3.12. The van der Waals surface area contributed by atoms with E-state index in [2.05, 4.69) is 36.0 Å². The minimum atomic E-state index is 0.154. The van der Waals surface area contributed by atoms with E-state index in [1.807, 2.05) is 12.3 Å². The van der Waals surface area contributed by atoms with Crippen LogP contribution in [0.1, 0.15) is 57.2 Å². The number of hydrogen-bond donors (Lipinski definition) is 1. The summed E-state index contributed by atoms with van der Waals surface area (Å²) in [7, 11) is 2.23. The Bertz CT molecular complexity index is 360. The summed E-state index contributed by atoms with van der Waals surface area (Å²) in [6.07, 6.45) is 9.55. The molecule has 1 heterocycles. The second-order valence-corrected chi connectivity index (χ2v) is 5.73. The van der Waals surface area contributed by atoms with Crippen LogP contribution in [-0.4, -0.2) is 29.0 Å². The third-order valence-electron chi connectivity index (χ3n) is 4.46. The van der Waals surface area contributed by atoms with E-state index in [4.69, 9.17) is 5.73 Å². The summed E-state index contributed by atoms with van der Waals surface area (Å²) in [5.41, 5.74) is 7.49. The topological polar surface area (TPSA) is 42.1 Å². The largest absolute Gasteiger partial charge is 0.326 e. The molecule has 3 heteroatoms. The second kappa shape index (κ2) is 7.01. The summed E-state index contributed by atoms with van der Waals surface area (Å²) in [5, 5.41) is 0. The zero-order valence-corrected chi connectivity index (χ0v) is 12.3. The first-order valence-electron chi connectivity index (χ1n) is 7.62. The van der Waals surface area contributed by atoms with Crippen LogP contribution in [-0.2, 0) is 0 Å². The van der Waals surface area contributed by atoms with Gasteiger partial charge in [-0.25, -0.2) is 0 Å². The highest BCUT2D eigenvalue weighted by Crippen LogP contribution is 2.30. The maximum absolute atomic E-state index is 6.38. The van der Waals surface area contributed by atoms with Crippen LogP contribution in [0.25, 0.3) is 0 Å². The monoisotopic (exact) mass is 261 g/mol. The molecule has 106 valence electrons. The average molecular weight is 261 g/mol. The quantitative estimate of drug-likeness (QED) is 0.885. The van der Waals surface area contributed by atoms with Gasteiger partial charge in [-0.05, 0) is 38.4 Å². The van der Waals surface area contributed by atoms with Gasteiger partial charge in [-0.1, -0.05) is 32.3 Å². The Morgan fingerprint density at radius 3 is 2.63 bits per heavy atom. The number of likely N-dealkylation sites (N-methyl/N-ethyl adjacent to an activating group) is 1. The smallest absolute Gasteiger partial charge is 0.0673 e. The van der Waals surface area contributed by atoms with Gasteiger partial charge in [0, 0.05) is 18.3 Å². The number of hydrogen-bond acceptors (Lipinski definition) is 3. The van der Waals surface area contributed by atoms with E-state index in [1.165, 1.54) is 32.1 Å². The van der Waals surface area contributed by atoms with Gasteiger partial charge in [-0.3, -0.25) is 9.88 Å². The summed E-state index contributed by atoms with van der Waals surface area (Å²) >= 11 is 0. The van der Waals surface area contributed by atoms with Gasteiger partial charge in [-0.15, -0.1) is 0 Å². The van der Waals surface area contributed by atoms with E-state index in [1.54, 1.807) is 0 Å². The average Bonchev–Trinajstić information content (AvgIpc) is 2.49. The fourth-order valence-corrected chi connectivity index (χ4v) is 3.22. The first-order chi connectivity index (χ1) is 9.24. The van der Waals surface area contributed by atoms with Crippen LogP contribution >= 0.6 is 0 Å². The van der Waals surface area contributed by atoms with Gasteiger partial charge < -0.3 is 5.73 Å². The molecule has 0 amide bonds. The van der Waals surface area contributed by atoms with Gasteiger partial charge in [0.2, 0.25) is 0 Å². The predicted molar refractivity (Wildman–Crippen MR) is 79.9 cm³/mol. The third kappa shape index (κ3) is 3.54. The van der Waals surface area contributed by atoms with Crippen molar-refractivity contribution in [2.75, 3.05) is 7.05 Å². The molecule has 2 atom stereocenters. The van der Waals surface area contributed by atoms with Crippen molar-refractivity contribution in [3.63, 3.8) is 0 Å². The van der Waals surface area contributed by atoms with Crippen molar-refractivity contribution in [2.24, 2.45) is 5.73 Å². The molecule has 1 aliphatic rings. The number of rotatable bonds is 5. The Hall–Kier alpha value is -0.930. The fourth-order valence-electron chi connectivity index (χ4n) is 3.22. The SMILES string of the molecule is CCC(N)C(c1ccccn1)N(C)C1CCCCC1. The Morgan fingerprint density at radius 2 is 2.05 bits per heavy atom. The number of aromatic nitrogens is 1. The van der Waals surface area contributed by atoms with Crippen molar-refractivity contribution in [1.29, 1.82) is 0 Å². The van der Waals surface area contributed by atoms with Crippen LogP contribution in [0.3, 0.4) is 0 Å². The summed E-state index contributed by atoms with van der Waals surface area (Å²) in [6.45, 7) is 2.16. The number of nitrogens with zero attached hydrogens (tertiary/aromatic N) is 2. The van der Waals surface area contributed by atoms with Crippen LogP contribution in [0.2, 0.25) is 0 Å². The Balaban J connectivity index is 2.17. The van der Waals surface area contributed by atoms with E-state index in [0.717, 1.165) is 12.1 Å². The first kappa shape index (κ1) is 14.5. The molecule has 0 bridgehead atoms. The van der Waals surface area contributed by atoms with E-state index in [9.17, 15) is 0 Å². The Labute approximate surface area is 117 Å². The van der Waals surface area contributed by atoms with Gasteiger partial charge in [0.05, 0.1) is 11.7 Å². The van der Waals surface area contributed by atoms with Crippen LogP contribution in [0.5, 0.6) is 0 Å². The zero-order valence-electron chi connectivity index (χ0n) is 12.3. The molecule has 2 unspecified atom stereocenters. The van der Waals surface area contributed by atoms with E-state index < -0.39 is 0 Å². The van der Waals surface area contributed by atoms with Crippen molar-refractivity contribution in [1.82, 2.24) is 9.88 Å². The lowest BCUT2D eigenvalue weighted by Gasteiger charge is -2.39. The molecule has 1 fully saturated rings. The van der Waals surface area contributed by atoms with Gasteiger partial charge >= 0.3 is 0 Å². The molecule has 3 nitrogen and oxygen atoms in total. The van der Waals surface area contributed by atoms with Crippen LogP contribution in [0, 0.1) is 0 Å². The van der Waals surface area contributed by atoms with E-state index in [-0.39, 0.29) is 12.1 Å². The van der Waals surface area contributed by atoms with E-state index >= 15 is 0 Å². The van der Waals surface area contributed by atoms with Crippen LogP contribution < -0.4 is 5.73 Å². The molecule has 0 spiro atoms. The summed E-state index contributed by atoms with van der Waals surface area (Å²) in [5.74, 6) is 0. The maximum atomic E-state index is 6.38. The lowest BCUT2D eigenvalue weighted by atomic mass is 9.91. The Kier molecular flexibility index (Phi) is 5.34. The number of nitrogens with two attached hydrogens (primary N) is 1. The number of pyridine rings is 1. The van der Waals surface area contributed by atoms with Gasteiger partial charge in [0.15, 0.2) is 0 Å². The lowest BCUT2D eigenvalue weighted by Crippen LogP contribution is -2.44. The van der Waals surface area contributed by atoms with Crippen molar-refractivity contribution in [2.45, 2.75) is 63.6 Å². The standard InChI is InChI=1S/C16H27N3/c1-3-14(17)16(15-11-7-8-12-18-15)19(2)13-9-5-4-6-10-13/h7-8,11-14,16H,3-6,9-10,17H2,1-2H3. The van der Waals surface area contributed by atoms with Crippen LogP contribution in [0.15, 0.2) is 24.4 Å². The Morgan fingerprint density at radius 1 is 1.32 bits per heavy atom. The summed E-state index contributed by atoms with van der Waals surface area (Å²) in [6, 6.07) is 7.21. The molecule has 1 aromatic heterocycles. The normalized spacial score (nSPS) is 20.4. The molecule has 1 saturated carbocycles. The zero-order chi connectivity index (χ0) is 13.7.